The maximum absolute atomic E-state index is 10.7. The molecular formula is C29H37ClO3. The van der Waals surface area contributed by atoms with Gasteiger partial charge in [-0.25, -0.2) is 0 Å². The topological polar surface area (TPSA) is 49.7 Å². The average molecular weight is 469 g/mol. The van der Waals surface area contributed by atoms with Crippen molar-refractivity contribution in [3.63, 3.8) is 0 Å². The van der Waals surface area contributed by atoms with E-state index < -0.39 is 0 Å². The second-order valence-corrected chi connectivity index (χ2v) is 11.1. The van der Waals surface area contributed by atoms with Gasteiger partial charge in [0.1, 0.15) is 11.5 Å². The Hall–Kier alpha value is -1.71. The van der Waals surface area contributed by atoms with E-state index in [1.54, 1.807) is 0 Å². The van der Waals surface area contributed by atoms with Gasteiger partial charge in [-0.2, -0.15) is 0 Å². The largest absolute Gasteiger partial charge is 0.508 e. The first-order chi connectivity index (χ1) is 16.0. The molecule has 5 atom stereocenters. The summed E-state index contributed by atoms with van der Waals surface area (Å²) >= 11 is 5.75. The molecule has 0 saturated heterocycles. The summed E-state index contributed by atoms with van der Waals surface area (Å²) in [5.41, 5.74) is 5.17. The van der Waals surface area contributed by atoms with Gasteiger partial charge in [0.25, 0.3) is 0 Å². The molecular weight excluding hydrogens is 432 g/mol. The van der Waals surface area contributed by atoms with Crippen LogP contribution < -0.4 is 4.74 Å². The molecule has 2 fully saturated rings. The van der Waals surface area contributed by atoms with Crippen molar-refractivity contribution in [2.45, 2.75) is 76.7 Å². The van der Waals surface area contributed by atoms with E-state index in [1.165, 1.54) is 23.1 Å². The molecule has 3 nitrogen and oxygen atoms in total. The molecule has 2 aromatic rings. The number of aliphatic hydroxyl groups is 1. The minimum atomic E-state index is -0.147. The number of phenolic OH excluding ortho intramolecular Hbond substituents is 1. The second kappa shape index (κ2) is 9.50. The number of unbranched alkanes of at least 4 members (excludes halogenated alkanes) is 2. The van der Waals surface area contributed by atoms with Gasteiger partial charge in [-0.05, 0) is 127 Å². The molecule has 3 aliphatic rings. The quantitative estimate of drug-likeness (QED) is 0.337. The van der Waals surface area contributed by atoms with Gasteiger partial charge in [0.05, 0.1) is 12.7 Å². The molecule has 0 heterocycles. The van der Waals surface area contributed by atoms with E-state index in [4.69, 9.17) is 16.3 Å². The van der Waals surface area contributed by atoms with Gasteiger partial charge < -0.3 is 14.9 Å². The van der Waals surface area contributed by atoms with E-state index in [2.05, 4.69) is 31.2 Å². The zero-order valence-corrected chi connectivity index (χ0v) is 20.5. The first kappa shape index (κ1) is 23.1. The Kier molecular flexibility index (Phi) is 6.64. The van der Waals surface area contributed by atoms with E-state index in [1.807, 2.05) is 12.1 Å². The number of aromatic hydroxyl groups is 1. The van der Waals surface area contributed by atoms with Gasteiger partial charge >= 0.3 is 0 Å². The standard InChI is InChI=1S/C29H37ClO3/c1-29-14-13-24-23(26(29)11-12-27(29)32)10-7-20-17-21(31)18-25(28(20)24)19-5-8-22(9-6-19)33-16-4-2-3-15-30/h5-6,8-9,17-18,23-24,26-27,31-32H,2-4,7,10-16H2,1H3/t23-,24+,26+,27+,29+/m1/s1. The Morgan fingerprint density at radius 1 is 1.03 bits per heavy atom. The lowest BCUT2D eigenvalue weighted by Crippen LogP contribution is -2.44. The summed E-state index contributed by atoms with van der Waals surface area (Å²) in [6.07, 6.45) is 9.52. The third-order valence-corrected chi connectivity index (χ3v) is 9.23. The first-order valence-corrected chi connectivity index (χ1v) is 13.4. The summed E-state index contributed by atoms with van der Waals surface area (Å²) in [4.78, 5) is 0. The Labute approximate surface area is 203 Å². The number of aliphatic hydroxyl groups excluding tert-OH is 1. The molecule has 33 heavy (non-hydrogen) atoms. The van der Waals surface area contributed by atoms with E-state index in [9.17, 15) is 10.2 Å². The number of phenols is 1. The lowest BCUT2D eigenvalue weighted by atomic mass is 9.55. The minimum absolute atomic E-state index is 0.0819. The molecule has 178 valence electrons. The highest BCUT2D eigenvalue weighted by Crippen LogP contribution is 2.62. The number of halogens is 1. The van der Waals surface area contributed by atoms with E-state index in [0.717, 1.165) is 62.7 Å². The number of alkyl halides is 1. The molecule has 0 aliphatic heterocycles. The van der Waals surface area contributed by atoms with Crippen LogP contribution in [0.25, 0.3) is 11.1 Å². The fraction of sp³-hybridized carbons (Fsp3) is 0.586. The van der Waals surface area contributed by atoms with Crippen LogP contribution in [-0.4, -0.2) is 28.8 Å². The Morgan fingerprint density at radius 2 is 1.85 bits per heavy atom. The third kappa shape index (κ3) is 4.28. The fourth-order valence-corrected chi connectivity index (χ4v) is 7.41. The first-order valence-electron chi connectivity index (χ1n) is 12.8. The van der Waals surface area contributed by atoms with Crippen LogP contribution in [0, 0.1) is 17.3 Å². The number of hydrogen-bond acceptors (Lipinski definition) is 3. The molecule has 2 N–H and O–H groups in total. The van der Waals surface area contributed by atoms with Crippen molar-refractivity contribution < 1.29 is 14.9 Å². The summed E-state index contributed by atoms with van der Waals surface area (Å²) in [5, 5.41) is 21.2. The van der Waals surface area contributed by atoms with Crippen LogP contribution in [0.5, 0.6) is 11.5 Å². The highest BCUT2D eigenvalue weighted by atomic mass is 35.5. The van der Waals surface area contributed by atoms with E-state index >= 15 is 0 Å². The van der Waals surface area contributed by atoms with Crippen molar-refractivity contribution in [3.8, 4) is 22.6 Å². The molecule has 0 bridgehead atoms. The molecule has 0 radical (unpaired) electrons. The number of fused-ring (bicyclic) bond motifs is 5. The highest BCUT2D eigenvalue weighted by molar-refractivity contribution is 6.17. The van der Waals surface area contributed by atoms with Crippen molar-refractivity contribution in [1.29, 1.82) is 0 Å². The predicted octanol–water partition coefficient (Wildman–Crippen LogP) is 7.06. The van der Waals surface area contributed by atoms with Crippen LogP contribution in [0.15, 0.2) is 36.4 Å². The molecule has 0 aromatic heterocycles. The summed E-state index contributed by atoms with van der Waals surface area (Å²) < 4.78 is 5.92. The smallest absolute Gasteiger partial charge is 0.119 e. The van der Waals surface area contributed by atoms with Crippen LogP contribution in [0.1, 0.15) is 75.3 Å². The van der Waals surface area contributed by atoms with Gasteiger partial charge in [0.2, 0.25) is 0 Å². The molecule has 0 amide bonds. The summed E-state index contributed by atoms with van der Waals surface area (Å²) in [7, 11) is 0. The number of hydrogen-bond donors (Lipinski definition) is 2. The van der Waals surface area contributed by atoms with Crippen molar-refractivity contribution in [2.75, 3.05) is 12.5 Å². The second-order valence-electron chi connectivity index (χ2n) is 10.7. The highest BCUT2D eigenvalue weighted by Gasteiger charge is 2.54. The molecule has 0 spiro atoms. The van der Waals surface area contributed by atoms with Crippen molar-refractivity contribution in [3.05, 3.63) is 47.5 Å². The maximum atomic E-state index is 10.7. The van der Waals surface area contributed by atoms with Crippen LogP contribution in [-0.2, 0) is 6.42 Å². The Balaban J connectivity index is 1.40. The van der Waals surface area contributed by atoms with E-state index in [0.29, 0.717) is 36.0 Å². The van der Waals surface area contributed by atoms with E-state index in [-0.39, 0.29) is 11.5 Å². The molecule has 2 aromatic carbocycles. The number of rotatable bonds is 7. The third-order valence-electron chi connectivity index (χ3n) is 8.97. The van der Waals surface area contributed by atoms with Crippen molar-refractivity contribution >= 4 is 11.6 Å². The van der Waals surface area contributed by atoms with Crippen LogP contribution >= 0.6 is 11.6 Å². The van der Waals surface area contributed by atoms with Gasteiger partial charge in [0.15, 0.2) is 0 Å². The van der Waals surface area contributed by atoms with Crippen molar-refractivity contribution in [2.24, 2.45) is 17.3 Å². The number of ether oxygens (including phenoxy) is 1. The zero-order chi connectivity index (χ0) is 23.0. The molecule has 0 unspecified atom stereocenters. The normalized spacial score (nSPS) is 30.4. The lowest BCUT2D eigenvalue weighted by Gasteiger charge is -2.50. The zero-order valence-electron chi connectivity index (χ0n) is 19.7. The predicted molar refractivity (Wildman–Crippen MR) is 134 cm³/mol. The van der Waals surface area contributed by atoms with Gasteiger partial charge in [0, 0.05) is 5.88 Å². The Morgan fingerprint density at radius 3 is 2.64 bits per heavy atom. The number of aryl methyl sites for hydroxylation is 1. The lowest BCUT2D eigenvalue weighted by molar-refractivity contribution is -0.0225. The van der Waals surface area contributed by atoms with Gasteiger partial charge in [-0.1, -0.05) is 19.1 Å². The minimum Gasteiger partial charge on any atom is -0.508 e. The monoisotopic (exact) mass is 468 g/mol. The SMILES string of the molecule is C[C@]12CC[C@@H]3c4c(cc(O)cc4-c4ccc(OCCCCCCl)cc4)CC[C@H]3[C@@H]1CC[C@@H]2O. The van der Waals surface area contributed by atoms with Gasteiger partial charge in [-0.15, -0.1) is 11.6 Å². The molecule has 2 saturated carbocycles. The molecule has 4 heteroatoms. The Bertz CT molecular complexity index is 972. The molecule has 3 aliphatic carbocycles. The fourth-order valence-electron chi connectivity index (χ4n) is 7.22. The number of benzene rings is 2. The average Bonchev–Trinajstić information content (AvgIpc) is 3.13. The van der Waals surface area contributed by atoms with Gasteiger partial charge in [-0.3, -0.25) is 0 Å². The van der Waals surface area contributed by atoms with Crippen LogP contribution in [0.2, 0.25) is 0 Å². The summed E-state index contributed by atoms with van der Waals surface area (Å²) in [5.74, 6) is 3.72. The van der Waals surface area contributed by atoms with Crippen molar-refractivity contribution in [1.82, 2.24) is 0 Å². The van der Waals surface area contributed by atoms with Crippen LogP contribution in [0.4, 0.5) is 0 Å². The van der Waals surface area contributed by atoms with Crippen LogP contribution in [0.3, 0.4) is 0 Å². The molecule has 5 rings (SSSR count). The summed E-state index contributed by atoms with van der Waals surface area (Å²) in [6.45, 7) is 3.04. The maximum Gasteiger partial charge on any atom is 0.119 e. The summed E-state index contributed by atoms with van der Waals surface area (Å²) in [6, 6.07) is 12.3.